The van der Waals surface area contributed by atoms with Crippen LogP contribution in [0.15, 0.2) is 36.0 Å². The maximum absolute atomic E-state index is 4.16. The highest BCUT2D eigenvalue weighted by molar-refractivity contribution is 5.40. The third kappa shape index (κ3) is 4.05. The maximum Gasteiger partial charge on any atom is 0.0227 e. The van der Waals surface area contributed by atoms with E-state index in [1.165, 1.54) is 17.6 Å². The molecule has 0 aromatic carbocycles. The first-order valence-corrected chi connectivity index (χ1v) is 5.72. The van der Waals surface area contributed by atoms with Crippen molar-refractivity contribution in [2.24, 2.45) is 11.8 Å². The monoisotopic (exact) mass is 205 g/mol. The van der Waals surface area contributed by atoms with Crippen LogP contribution in [0.4, 0.5) is 0 Å². The molecule has 0 spiro atoms. The summed E-state index contributed by atoms with van der Waals surface area (Å²) in [5, 5.41) is 0. The summed E-state index contributed by atoms with van der Waals surface area (Å²) >= 11 is 0. The molecule has 0 aromatic rings. The largest absolute Gasteiger partial charge is 0.305 e. The van der Waals surface area contributed by atoms with Gasteiger partial charge in [0.05, 0.1) is 0 Å². The SMILES string of the molecule is C=C(CN(C)C)C1=CC(C)CC(C)C=C1. The lowest BCUT2D eigenvalue weighted by atomic mass is 9.98. The summed E-state index contributed by atoms with van der Waals surface area (Å²) in [6.45, 7) is 9.66. The van der Waals surface area contributed by atoms with Crippen LogP contribution in [0.1, 0.15) is 20.3 Å². The number of hydrogen-bond acceptors (Lipinski definition) is 1. The van der Waals surface area contributed by atoms with Gasteiger partial charge in [0.25, 0.3) is 0 Å². The van der Waals surface area contributed by atoms with E-state index in [1.807, 2.05) is 0 Å². The van der Waals surface area contributed by atoms with Crippen molar-refractivity contribution in [1.82, 2.24) is 4.90 Å². The lowest BCUT2D eigenvalue weighted by molar-refractivity contribution is 0.448. The van der Waals surface area contributed by atoms with Crippen LogP contribution in [-0.2, 0) is 0 Å². The van der Waals surface area contributed by atoms with Gasteiger partial charge in [-0.15, -0.1) is 0 Å². The molecule has 0 radical (unpaired) electrons. The molecule has 1 aliphatic rings. The predicted octanol–water partition coefficient (Wildman–Crippen LogP) is 3.26. The molecule has 0 saturated carbocycles. The molecule has 0 aliphatic heterocycles. The second-order valence-corrected chi connectivity index (χ2v) is 5.01. The molecule has 0 heterocycles. The van der Waals surface area contributed by atoms with Crippen molar-refractivity contribution in [3.05, 3.63) is 36.0 Å². The van der Waals surface area contributed by atoms with Crippen LogP contribution in [-0.4, -0.2) is 25.5 Å². The first-order chi connectivity index (χ1) is 6.99. The number of allylic oxidation sites excluding steroid dienone is 3. The lowest BCUT2D eigenvalue weighted by Gasteiger charge is -2.13. The van der Waals surface area contributed by atoms with Gasteiger partial charge in [0.2, 0.25) is 0 Å². The summed E-state index contributed by atoms with van der Waals surface area (Å²) in [7, 11) is 4.16. The minimum atomic E-state index is 0.656. The Morgan fingerprint density at radius 3 is 2.67 bits per heavy atom. The van der Waals surface area contributed by atoms with Crippen molar-refractivity contribution in [2.75, 3.05) is 20.6 Å². The van der Waals surface area contributed by atoms with E-state index >= 15 is 0 Å². The predicted molar refractivity (Wildman–Crippen MR) is 67.9 cm³/mol. The Balaban J connectivity index is 2.74. The molecule has 1 rings (SSSR count). The van der Waals surface area contributed by atoms with Crippen LogP contribution in [0, 0.1) is 11.8 Å². The van der Waals surface area contributed by atoms with Crippen LogP contribution in [0.25, 0.3) is 0 Å². The molecule has 2 atom stereocenters. The smallest absolute Gasteiger partial charge is 0.0227 e. The molecule has 84 valence electrons. The summed E-state index contributed by atoms with van der Waals surface area (Å²) < 4.78 is 0. The Bertz CT molecular complexity index is 284. The third-order valence-electron chi connectivity index (χ3n) is 2.73. The van der Waals surface area contributed by atoms with Crippen LogP contribution < -0.4 is 0 Å². The van der Waals surface area contributed by atoms with Crippen molar-refractivity contribution in [2.45, 2.75) is 20.3 Å². The topological polar surface area (TPSA) is 3.24 Å². The molecular formula is C14H23N. The van der Waals surface area contributed by atoms with E-state index in [2.05, 4.69) is 57.6 Å². The molecule has 0 saturated heterocycles. The van der Waals surface area contributed by atoms with Gasteiger partial charge in [-0.1, -0.05) is 38.7 Å². The summed E-state index contributed by atoms with van der Waals surface area (Å²) in [6.07, 6.45) is 8.14. The standard InChI is InChI=1S/C14H23N/c1-11-6-7-14(9-12(2)8-11)13(3)10-15(4)5/h6-7,9,11-12H,3,8,10H2,1-2,4-5H3. The van der Waals surface area contributed by atoms with Crippen molar-refractivity contribution in [3.63, 3.8) is 0 Å². The summed E-state index contributed by atoms with van der Waals surface area (Å²) in [5.41, 5.74) is 2.54. The lowest BCUT2D eigenvalue weighted by Crippen LogP contribution is -2.15. The molecule has 0 fully saturated rings. The van der Waals surface area contributed by atoms with E-state index in [0.29, 0.717) is 11.8 Å². The quantitative estimate of drug-likeness (QED) is 0.683. The number of nitrogens with zero attached hydrogens (tertiary/aromatic N) is 1. The van der Waals surface area contributed by atoms with E-state index in [9.17, 15) is 0 Å². The molecule has 0 bridgehead atoms. The second-order valence-electron chi connectivity index (χ2n) is 5.01. The average Bonchev–Trinajstić information content (AvgIpc) is 2.25. The fourth-order valence-electron chi connectivity index (χ4n) is 2.07. The van der Waals surface area contributed by atoms with Crippen LogP contribution in [0.2, 0.25) is 0 Å². The van der Waals surface area contributed by atoms with Gasteiger partial charge in [-0.25, -0.2) is 0 Å². The van der Waals surface area contributed by atoms with Gasteiger partial charge in [-0.3, -0.25) is 0 Å². The van der Waals surface area contributed by atoms with Gasteiger partial charge in [-0.2, -0.15) is 0 Å². The van der Waals surface area contributed by atoms with Crippen molar-refractivity contribution < 1.29 is 0 Å². The molecule has 0 amide bonds. The molecule has 1 nitrogen and oxygen atoms in total. The van der Waals surface area contributed by atoms with Crippen LogP contribution in [0.5, 0.6) is 0 Å². The van der Waals surface area contributed by atoms with Gasteiger partial charge >= 0.3 is 0 Å². The van der Waals surface area contributed by atoms with E-state index < -0.39 is 0 Å². The normalized spacial score (nSPS) is 26.3. The fourth-order valence-corrected chi connectivity index (χ4v) is 2.07. The second kappa shape index (κ2) is 5.32. The molecule has 15 heavy (non-hydrogen) atoms. The highest BCUT2D eigenvalue weighted by atomic mass is 15.0. The first kappa shape index (κ1) is 12.3. The number of likely N-dealkylation sites (N-methyl/N-ethyl adjacent to an activating group) is 1. The minimum absolute atomic E-state index is 0.656. The molecule has 1 heteroatoms. The van der Waals surface area contributed by atoms with Crippen LogP contribution in [0.3, 0.4) is 0 Å². The third-order valence-corrected chi connectivity index (χ3v) is 2.73. The molecule has 1 aliphatic carbocycles. The van der Waals surface area contributed by atoms with Gasteiger partial charge in [0.1, 0.15) is 0 Å². The van der Waals surface area contributed by atoms with E-state index in [0.717, 1.165) is 6.54 Å². The maximum atomic E-state index is 4.16. The van der Waals surface area contributed by atoms with E-state index in [1.54, 1.807) is 0 Å². The Morgan fingerprint density at radius 1 is 1.40 bits per heavy atom. The van der Waals surface area contributed by atoms with Gasteiger partial charge in [-0.05, 0) is 43.5 Å². The zero-order valence-electron chi connectivity index (χ0n) is 10.5. The molecule has 0 aromatic heterocycles. The fraction of sp³-hybridized carbons (Fsp3) is 0.571. The van der Waals surface area contributed by atoms with Gasteiger partial charge in [0.15, 0.2) is 0 Å². The van der Waals surface area contributed by atoms with Gasteiger partial charge < -0.3 is 4.90 Å². The molecule has 2 unspecified atom stereocenters. The Kier molecular flexibility index (Phi) is 4.34. The highest BCUT2D eigenvalue weighted by Gasteiger charge is 2.11. The highest BCUT2D eigenvalue weighted by Crippen LogP contribution is 2.24. The Morgan fingerprint density at radius 2 is 2.07 bits per heavy atom. The zero-order chi connectivity index (χ0) is 11.4. The summed E-state index contributed by atoms with van der Waals surface area (Å²) in [4.78, 5) is 2.16. The minimum Gasteiger partial charge on any atom is -0.305 e. The Hall–Kier alpha value is -0.820. The van der Waals surface area contributed by atoms with Crippen molar-refractivity contribution in [1.29, 1.82) is 0 Å². The summed E-state index contributed by atoms with van der Waals surface area (Å²) in [6, 6.07) is 0. The average molecular weight is 205 g/mol. The Labute approximate surface area is 94.2 Å². The molecular weight excluding hydrogens is 182 g/mol. The van der Waals surface area contributed by atoms with Gasteiger partial charge in [0, 0.05) is 6.54 Å². The number of rotatable bonds is 3. The van der Waals surface area contributed by atoms with E-state index in [-0.39, 0.29) is 0 Å². The van der Waals surface area contributed by atoms with E-state index in [4.69, 9.17) is 0 Å². The first-order valence-electron chi connectivity index (χ1n) is 5.72. The number of hydrogen-bond donors (Lipinski definition) is 0. The zero-order valence-corrected chi connectivity index (χ0v) is 10.5. The summed E-state index contributed by atoms with van der Waals surface area (Å²) in [5.74, 6) is 1.34. The molecule has 0 N–H and O–H groups in total. The van der Waals surface area contributed by atoms with Crippen LogP contribution >= 0.6 is 0 Å². The van der Waals surface area contributed by atoms with Crippen molar-refractivity contribution >= 4 is 0 Å². The van der Waals surface area contributed by atoms with Crippen molar-refractivity contribution in [3.8, 4) is 0 Å².